The number of fused-ring (bicyclic) bond motifs is 3. The molecular formula is C18H18N2O2. The van der Waals surface area contributed by atoms with E-state index in [1.165, 1.54) is 0 Å². The van der Waals surface area contributed by atoms with Crippen molar-refractivity contribution in [2.75, 3.05) is 0 Å². The molecule has 3 rings (SSSR count). The first-order valence-electron chi connectivity index (χ1n) is 7.37. The number of aryl methyl sites for hydroxylation is 1. The highest BCUT2D eigenvalue weighted by Gasteiger charge is 2.29. The summed E-state index contributed by atoms with van der Waals surface area (Å²) >= 11 is 0. The number of hydrogen-bond acceptors (Lipinski definition) is 3. The molecule has 2 aromatic rings. The number of esters is 1. The van der Waals surface area contributed by atoms with Crippen molar-refractivity contribution < 1.29 is 9.53 Å². The topological polar surface area (TPSA) is 55.0 Å². The maximum absolute atomic E-state index is 12.5. The smallest absolute Gasteiger partial charge is 0.340 e. The van der Waals surface area contributed by atoms with E-state index in [0.717, 1.165) is 23.9 Å². The van der Waals surface area contributed by atoms with Crippen molar-refractivity contribution in [2.24, 2.45) is 0 Å². The molecule has 0 atom stereocenters. The molecule has 1 aromatic heterocycles. The number of ether oxygens (including phenoxy) is 1. The lowest BCUT2D eigenvalue weighted by atomic mass is 10.0. The molecule has 22 heavy (non-hydrogen) atoms. The molecule has 0 aliphatic carbocycles. The molecule has 112 valence electrons. The first kappa shape index (κ1) is 14.4. The van der Waals surface area contributed by atoms with E-state index in [9.17, 15) is 10.1 Å². The number of nitrogens with zero attached hydrogens (tertiary/aromatic N) is 2. The SMILES string of the molecule is CC(C)(C)OC(=O)C1=CCCn2c1c(C#N)c1ccccc12. The van der Waals surface area contributed by atoms with Crippen molar-refractivity contribution in [3.05, 3.63) is 41.6 Å². The predicted octanol–water partition coefficient (Wildman–Crippen LogP) is 3.64. The van der Waals surface area contributed by atoms with Crippen LogP contribution in [0.15, 0.2) is 30.3 Å². The minimum atomic E-state index is -0.557. The third-order valence-corrected chi connectivity index (χ3v) is 3.66. The molecule has 0 amide bonds. The van der Waals surface area contributed by atoms with Crippen LogP contribution in [-0.4, -0.2) is 16.1 Å². The Morgan fingerprint density at radius 2 is 2.05 bits per heavy atom. The lowest BCUT2D eigenvalue weighted by Gasteiger charge is -2.23. The van der Waals surface area contributed by atoms with Gasteiger partial charge >= 0.3 is 5.97 Å². The average Bonchev–Trinajstić information content (AvgIpc) is 2.79. The number of hydrogen-bond donors (Lipinski definition) is 0. The number of aromatic nitrogens is 1. The number of nitriles is 1. The van der Waals surface area contributed by atoms with Gasteiger partial charge in [0.15, 0.2) is 0 Å². The standard InChI is InChI=1S/C18H18N2O2/c1-18(2,3)22-17(21)13-8-6-10-20-15-9-5-4-7-12(15)14(11-19)16(13)20/h4-5,7-9H,6,10H2,1-3H3. The fraction of sp³-hybridized carbons (Fsp3) is 0.333. The molecule has 2 heterocycles. The maximum atomic E-state index is 12.5. The zero-order chi connectivity index (χ0) is 15.9. The summed E-state index contributed by atoms with van der Waals surface area (Å²) in [5.74, 6) is -0.368. The largest absolute Gasteiger partial charge is 0.456 e. The number of allylic oxidation sites excluding steroid dienone is 1. The van der Waals surface area contributed by atoms with Crippen LogP contribution in [0.4, 0.5) is 0 Å². The summed E-state index contributed by atoms with van der Waals surface area (Å²) in [6.07, 6.45) is 2.63. The molecule has 4 heteroatoms. The lowest BCUT2D eigenvalue weighted by Crippen LogP contribution is -2.26. The molecule has 0 N–H and O–H groups in total. The minimum Gasteiger partial charge on any atom is -0.456 e. The molecule has 0 fully saturated rings. The normalized spacial score (nSPS) is 14.2. The molecule has 0 saturated heterocycles. The van der Waals surface area contributed by atoms with Crippen molar-refractivity contribution in [3.8, 4) is 6.07 Å². The zero-order valence-corrected chi connectivity index (χ0v) is 13.0. The second-order valence-corrected chi connectivity index (χ2v) is 6.41. The number of carbonyl (C=O) groups is 1. The van der Waals surface area contributed by atoms with Gasteiger partial charge in [0, 0.05) is 17.4 Å². The number of para-hydroxylation sites is 1. The van der Waals surface area contributed by atoms with Crippen LogP contribution in [0.5, 0.6) is 0 Å². The van der Waals surface area contributed by atoms with Gasteiger partial charge < -0.3 is 9.30 Å². The van der Waals surface area contributed by atoms with Crippen molar-refractivity contribution in [2.45, 2.75) is 39.3 Å². The Morgan fingerprint density at radius 1 is 1.32 bits per heavy atom. The van der Waals surface area contributed by atoms with E-state index in [1.807, 2.05) is 55.7 Å². The second kappa shape index (κ2) is 5.03. The predicted molar refractivity (Wildman–Crippen MR) is 85.1 cm³/mol. The Morgan fingerprint density at radius 3 is 2.73 bits per heavy atom. The van der Waals surface area contributed by atoms with Gasteiger partial charge in [-0.3, -0.25) is 0 Å². The summed E-state index contributed by atoms with van der Waals surface area (Å²) in [5.41, 5.74) is 2.16. The first-order chi connectivity index (χ1) is 10.4. The number of carbonyl (C=O) groups excluding carboxylic acids is 1. The number of rotatable bonds is 1. The third-order valence-electron chi connectivity index (χ3n) is 3.66. The first-order valence-corrected chi connectivity index (χ1v) is 7.37. The van der Waals surface area contributed by atoms with Gasteiger partial charge in [0.05, 0.1) is 16.8 Å². The molecule has 0 unspecified atom stereocenters. The van der Waals surface area contributed by atoms with Crippen LogP contribution >= 0.6 is 0 Å². The van der Waals surface area contributed by atoms with Crippen LogP contribution in [0.2, 0.25) is 0 Å². The second-order valence-electron chi connectivity index (χ2n) is 6.41. The van der Waals surface area contributed by atoms with E-state index in [4.69, 9.17) is 4.74 Å². The van der Waals surface area contributed by atoms with Crippen LogP contribution in [0, 0.1) is 11.3 Å². The maximum Gasteiger partial charge on any atom is 0.340 e. The number of benzene rings is 1. The van der Waals surface area contributed by atoms with E-state index >= 15 is 0 Å². The molecule has 0 radical (unpaired) electrons. The van der Waals surface area contributed by atoms with E-state index in [-0.39, 0.29) is 5.97 Å². The van der Waals surface area contributed by atoms with Crippen LogP contribution in [0.3, 0.4) is 0 Å². The molecular weight excluding hydrogens is 276 g/mol. The summed E-state index contributed by atoms with van der Waals surface area (Å²) in [6, 6.07) is 10.0. The van der Waals surface area contributed by atoms with Gasteiger partial charge in [-0.1, -0.05) is 24.3 Å². The van der Waals surface area contributed by atoms with Gasteiger partial charge in [-0.05, 0) is 33.3 Å². The van der Waals surface area contributed by atoms with Gasteiger partial charge in [0.25, 0.3) is 0 Å². The van der Waals surface area contributed by atoms with E-state index in [1.54, 1.807) is 0 Å². The third kappa shape index (κ3) is 2.29. The van der Waals surface area contributed by atoms with E-state index in [0.29, 0.717) is 16.8 Å². The van der Waals surface area contributed by atoms with Crippen molar-refractivity contribution >= 4 is 22.4 Å². The van der Waals surface area contributed by atoms with Crippen molar-refractivity contribution in [3.63, 3.8) is 0 Å². The highest BCUT2D eigenvalue weighted by molar-refractivity contribution is 6.18. The van der Waals surface area contributed by atoms with Gasteiger partial charge in [-0.25, -0.2) is 4.79 Å². The Labute approximate surface area is 129 Å². The Bertz CT molecular complexity index is 829. The van der Waals surface area contributed by atoms with Gasteiger partial charge in [0.1, 0.15) is 11.7 Å². The highest BCUT2D eigenvalue weighted by Crippen LogP contribution is 2.34. The molecule has 4 nitrogen and oxygen atoms in total. The summed E-state index contributed by atoms with van der Waals surface area (Å²) < 4.78 is 7.55. The molecule has 0 spiro atoms. The monoisotopic (exact) mass is 294 g/mol. The zero-order valence-electron chi connectivity index (χ0n) is 13.0. The Balaban J connectivity index is 2.18. The fourth-order valence-corrected chi connectivity index (χ4v) is 2.88. The molecule has 1 aliphatic heterocycles. The van der Waals surface area contributed by atoms with Gasteiger partial charge in [-0.2, -0.15) is 5.26 Å². The average molecular weight is 294 g/mol. The van der Waals surface area contributed by atoms with Crippen LogP contribution < -0.4 is 0 Å². The van der Waals surface area contributed by atoms with Crippen LogP contribution in [0.25, 0.3) is 16.5 Å². The quantitative estimate of drug-likeness (QED) is 0.754. The van der Waals surface area contributed by atoms with Crippen LogP contribution in [0.1, 0.15) is 38.4 Å². The Kier molecular flexibility index (Phi) is 3.29. The highest BCUT2D eigenvalue weighted by atomic mass is 16.6. The minimum absolute atomic E-state index is 0.368. The summed E-state index contributed by atoms with van der Waals surface area (Å²) in [6.45, 7) is 6.29. The lowest BCUT2D eigenvalue weighted by molar-refractivity contribution is -0.147. The molecule has 1 aromatic carbocycles. The van der Waals surface area contributed by atoms with E-state index < -0.39 is 5.60 Å². The Hall–Kier alpha value is -2.54. The molecule has 0 bridgehead atoms. The molecule has 0 saturated carbocycles. The van der Waals surface area contributed by atoms with Gasteiger partial charge in [-0.15, -0.1) is 0 Å². The fourth-order valence-electron chi connectivity index (χ4n) is 2.88. The molecule has 1 aliphatic rings. The summed E-state index contributed by atoms with van der Waals surface area (Å²) in [4.78, 5) is 12.5. The van der Waals surface area contributed by atoms with Crippen molar-refractivity contribution in [1.82, 2.24) is 4.57 Å². The van der Waals surface area contributed by atoms with Crippen LogP contribution in [-0.2, 0) is 16.1 Å². The van der Waals surface area contributed by atoms with Crippen molar-refractivity contribution in [1.29, 1.82) is 5.26 Å². The summed E-state index contributed by atoms with van der Waals surface area (Å²) in [7, 11) is 0. The van der Waals surface area contributed by atoms with E-state index in [2.05, 4.69) is 6.07 Å². The summed E-state index contributed by atoms with van der Waals surface area (Å²) in [5, 5.41) is 10.5. The van der Waals surface area contributed by atoms with Gasteiger partial charge in [0.2, 0.25) is 0 Å².